The highest BCUT2D eigenvalue weighted by molar-refractivity contribution is 5.68. The van der Waals surface area contributed by atoms with Gasteiger partial charge in [0.2, 0.25) is 0 Å². The lowest BCUT2D eigenvalue weighted by molar-refractivity contribution is 0.0931. The van der Waals surface area contributed by atoms with E-state index in [2.05, 4.69) is 24.3 Å². The summed E-state index contributed by atoms with van der Waals surface area (Å²) in [6, 6.07) is 12.3. The zero-order valence-corrected chi connectivity index (χ0v) is 12.7. The van der Waals surface area contributed by atoms with Crippen molar-refractivity contribution in [1.29, 1.82) is 0 Å². The van der Waals surface area contributed by atoms with Gasteiger partial charge in [0.15, 0.2) is 0 Å². The second-order valence-electron chi connectivity index (χ2n) is 5.60. The highest BCUT2D eigenvalue weighted by atomic mass is 16.6. The summed E-state index contributed by atoms with van der Waals surface area (Å²) in [5, 5.41) is 0. The minimum absolute atomic E-state index is 0.234. The number of fused-ring (bicyclic) bond motifs is 1. The summed E-state index contributed by atoms with van der Waals surface area (Å²) >= 11 is 0. The molecule has 2 heterocycles. The van der Waals surface area contributed by atoms with E-state index in [9.17, 15) is 4.79 Å². The van der Waals surface area contributed by atoms with Gasteiger partial charge in [-0.3, -0.25) is 0 Å². The van der Waals surface area contributed by atoms with Crippen LogP contribution in [-0.4, -0.2) is 24.1 Å². The van der Waals surface area contributed by atoms with Crippen LogP contribution in [0.25, 0.3) is 0 Å². The number of hydrogen-bond acceptors (Lipinski definition) is 3. The first-order valence-electron chi connectivity index (χ1n) is 7.84. The Hall–Kier alpha value is -2.23. The molecule has 0 atom stereocenters. The molecule has 0 N–H and O–H groups in total. The monoisotopic (exact) mass is 299 g/mol. The molecule has 0 unspecified atom stereocenters. The molecule has 116 valence electrons. The molecule has 0 aliphatic carbocycles. The van der Waals surface area contributed by atoms with Gasteiger partial charge >= 0.3 is 6.09 Å². The molecule has 1 amide bonds. The fourth-order valence-corrected chi connectivity index (χ4v) is 2.72. The molecule has 0 saturated carbocycles. The predicted molar refractivity (Wildman–Crippen MR) is 83.6 cm³/mol. The lowest BCUT2D eigenvalue weighted by Gasteiger charge is -2.25. The van der Waals surface area contributed by atoms with Crippen molar-refractivity contribution in [2.24, 2.45) is 0 Å². The first kappa shape index (κ1) is 14.7. The Labute approximate surface area is 130 Å². The zero-order valence-electron chi connectivity index (χ0n) is 12.7. The van der Waals surface area contributed by atoms with Gasteiger partial charge in [0.25, 0.3) is 0 Å². The van der Waals surface area contributed by atoms with Crippen LogP contribution in [0.15, 0.2) is 47.1 Å². The summed E-state index contributed by atoms with van der Waals surface area (Å²) < 4.78 is 10.7. The van der Waals surface area contributed by atoms with E-state index in [1.807, 2.05) is 12.1 Å². The van der Waals surface area contributed by atoms with E-state index in [-0.39, 0.29) is 6.09 Å². The molecule has 1 aliphatic heterocycles. The fourth-order valence-electron chi connectivity index (χ4n) is 2.72. The van der Waals surface area contributed by atoms with Gasteiger partial charge in [-0.05, 0) is 42.9 Å². The first-order valence-corrected chi connectivity index (χ1v) is 7.84. The standard InChI is InChI=1S/C18H21NO3/c20-18(19-11-9-16-10-13-21-17(16)14-19)22-12-5-4-8-15-6-2-1-3-7-15/h1-3,6-7,10,13H,4-5,8-9,11-12,14H2. The molecule has 0 fully saturated rings. The van der Waals surface area contributed by atoms with Crippen molar-refractivity contribution < 1.29 is 13.9 Å². The van der Waals surface area contributed by atoms with Crippen LogP contribution < -0.4 is 0 Å². The molecule has 4 nitrogen and oxygen atoms in total. The Morgan fingerprint density at radius 1 is 1.18 bits per heavy atom. The lowest BCUT2D eigenvalue weighted by Crippen LogP contribution is -2.36. The minimum Gasteiger partial charge on any atom is -0.467 e. The molecule has 0 spiro atoms. The molecule has 0 bridgehead atoms. The molecule has 22 heavy (non-hydrogen) atoms. The number of hydrogen-bond donors (Lipinski definition) is 0. The van der Waals surface area contributed by atoms with E-state index < -0.39 is 0 Å². The predicted octanol–water partition coefficient (Wildman–Crippen LogP) is 3.80. The maximum absolute atomic E-state index is 12.0. The molecule has 4 heteroatoms. The number of furan rings is 1. The third-order valence-electron chi connectivity index (χ3n) is 4.01. The fraction of sp³-hybridized carbons (Fsp3) is 0.389. The second-order valence-corrected chi connectivity index (χ2v) is 5.60. The van der Waals surface area contributed by atoms with Gasteiger partial charge in [0.05, 0.1) is 19.4 Å². The van der Waals surface area contributed by atoms with Crippen molar-refractivity contribution in [2.45, 2.75) is 32.2 Å². The van der Waals surface area contributed by atoms with E-state index in [0.717, 1.165) is 31.4 Å². The molecule has 0 saturated heterocycles. The Balaban J connectivity index is 1.35. The molecule has 1 aromatic heterocycles. The molecule has 0 radical (unpaired) electrons. The van der Waals surface area contributed by atoms with Crippen LogP contribution in [0.2, 0.25) is 0 Å². The molecule has 1 aromatic carbocycles. The summed E-state index contributed by atoms with van der Waals surface area (Å²) in [7, 11) is 0. The van der Waals surface area contributed by atoms with E-state index in [4.69, 9.17) is 9.15 Å². The van der Waals surface area contributed by atoms with Gasteiger partial charge in [0.1, 0.15) is 5.76 Å². The van der Waals surface area contributed by atoms with E-state index >= 15 is 0 Å². The van der Waals surface area contributed by atoms with Gasteiger partial charge in [-0.2, -0.15) is 0 Å². The molecule has 1 aliphatic rings. The number of carbonyl (C=O) groups is 1. The van der Waals surface area contributed by atoms with Gasteiger partial charge in [-0.1, -0.05) is 30.3 Å². The number of benzene rings is 1. The van der Waals surface area contributed by atoms with Crippen LogP contribution in [0, 0.1) is 0 Å². The van der Waals surface area contributed by atoms with Crippen LogP contribution in [0.4, 0.5) is 4.79 Å². The van der Waals surface area contributed by atoms with Gasteiger partial charge < -0.3 is 14.1 Å². The van der Waals surface area contributed by atoms with E-state index in [0.29, 0.717) is 19.7 Å². The molecular formula is C18H21NO3. The van der Waals surface area contributed by atoms with Crippen molar-refractivity contribution in [1.82, 2.24) is 4.90 Å². The maximum atomic E-state index is 12.0. The SMILES string of the molecule is O=C(OCCCCc1ccccc1)N1CCc2ccoc2C1. The van der Waals surface area contributed by atoms with E-state index in [1.165, 1.54) is 11.1 Å². The molecule has 2 aromatic rings. The second kappa shape index (κ2) is 7.16. The number of rotatable bonds is 5. The maximum Gasteiger partial charge on any atom is 0.410 e. The normalized spacial score (nSPS) is 13.7. The number of carbonyl (C=O) groups excluding carboxylic acids is 1. The van der Waals surface area contributed by atoms with Crippen molar-refractivity contribution in [3.63, 3.8) is 0 Å². The molecular weight excluding hydrogens is 278 g/mol. The Morgan fingerprint density at radius 3 is 2.91 bits per heavy atom. The van der Waals surface area contributed by atoms with Gasteiger partial charge in [-0.25, -0.2) is 4.79 Å². The summed E-state index contributed by atoms with van der Waals surface area (Å²) in [6.07, 6.45) is 5.23. The largest absolute Gasteiger partial charge is 0.467 e. The zero-order chi connectivity index (χ0) is 15.2. The quantitative estimate of drug-likeness (QED) is 0.789. The van der Waals surface area contributed by atoms with Crippen LogP contribution >= 0.6 is 0 Å². The van der Waals surface area contributed by atoms with Crippen molar-refractivity contribution in [3.8, 4) is 0 Å². The smallest absolute Gasteiger partial charge is 0.410 e. The third-order valence-corrected chi connectivity index (χ3v) is 4.01. The van der Waals surface area contributed by atoms with Crippen molar-refractivity contribution in [2.75, 3.05) is 13.2 Å². The highest BCUT2D eigenvalue weighted by Crippen LogP contribution is 2.20. The minimum atomic E-state index is -0.234. The summed E-state index contributed by atoms with van der Waals surface area (Å²) in [5.74, 6) is 0.882. The number of aryl methyl sites for hydroxylation is 1. The van der Waals surface area contributed by atoms with Gasteiger partial charge in [0, 0.05) is 6.54 Å². The average Bonchev–Trinajstić information content (AvgIpc) is 3.03. The Morgan fingerprint density at radius 2 is 2.05 bits per heavy atom. The molecule has 3 rings (SSSR count). The van der Waals surface area contributed by atoms with Crippen LogP contribution in [0.5, 0.6) is 0 Å². The topological polar surface area (TPSA) is 42.7 Å². The lowest BCUT2D eigenvalue weighted by atomic mass is 10.1. The third kappa shape index (κ3) is 3.70. The van der Waals surface area contributed by atoms with Crippen molar-refractivity contribution >= 4 is 6.09 Å². The number of amides is 1. The Kier molecular flexibility index (Phi) is 4.78. The first-order chi connectivity index (χ1) is 10.8. The number of nitrogens with zero attached hydrogens (tertiary/aromatic N) is 1. The highest BCUT2D eigenvalue weighted by Gasteiger charge is 2.23. The van der Waals surface area contributed by atoms with Crippen LogP contribution in [0.3, 0.4) is 0 Å². The number of unbranched alkanes of at least 4 members (excludes halogenated alkanes) is 1. The van der Waals surface area contributed by atoms with Gasteiger partial charge in [-0.15, -0.1) is 0 Å². The van der Waals surface area contributed by atoms with Crippen LogP contribution in [-0.2, 0) is 24.1 Å². The van der Waals surface area contributed by atoms with E-state index in [1.54, 1.807) is 11.2 Å². The van der Waals surface area contributed by atoms with Crippen LogP contribution in [0.1, 0.15) is 29.7 Å². The summed E-state index contributed by atoms with van der Waals surface area (Å²) in [6.45, 7) is 1.70. The summed E-state index contributed by atoms with van der Waals surface area (Å²) in [4.78, 5) is 13.7. The summed E-state index contributed by atoms with van der Waals surface area (Å²) in [5.41, 5.74) is 2.53. The number of ether oxygens (including phenoxy) is 1. The average molecular weight is 299 g/mol. The Bertz CT molecular complexity index is 606. The van der Waals surface area contributed by atoms with Crippen molar-refractivity contribution in [3.05, 3.63) is 59.5 Å².